The van der Waals surface area contributed by atoms with Gasteiger partial charge in [0.1, 0.15) is 0 Å². The van der Waals surface area contributed by atoms with Crippen molar-refractivity contribution in [3.63, 3.8) is 0 Å². The Morgan fingerprint density at radius 2 is 2.03 bits per heavy atom. The van der Waals surface area contributed by atoms with Crippen LogP contribution in [0.2, 0.25) is 0 Å². The predicted octanol–water partition coefficient (Wildman–Crippen LogP) is 4.51. The van der Waals surface area contributed by atoms with E-state index in [2.05, 4.69) is 61.7 Å². The van der Waals surface area contributed by atoms with Gasteiger partial charge in [-0.1, -0.05) is 34.9 Å². The van der Waals surface area contributed by atoms with Gasteiger partial charge < -0.3 is 25.1 Å². The van der Waals surface area contributed by atoms with Crippen LogP contribution in [-0.2, 0) is 9.53 Å². The summed E-state index contributed by atoms with van der Waals surface area (Å²) in [6.45, 7) is 11.6. The zero-order chi connectivity index (χ0) is 23.7. The molecule has 172 valence electrons. The molecule has 0 saturated heterocycles. The van der Waals surface area contributed by atoms with Crippen LogP contribution in [0.15, 0.2) is 71.3 Å². The third kappa shape index (κ3) is 4.44. The Balaban J connectivity index is 1.70. The molecule has 1 unspecified atom stereocenters. The SMILES string of the molecule is CC1=CC=CC(C)=C(C)C1CNc1cc(N2C=CC(C(N)=O)=COC2)cn2c(C)c(C)nc12. The lowest BCUT2D eigenvalue weighted by Crippen LogP contribution is -2.20. The molecule has 0 fully saturated rings. The Bertz CT molecular complexity index is 1260. The van der Waals surface area contributed by atoms with Crippen molar-refractivity contribution in [2.45, 2.75) is 34.6 Å². The number of nitrogens with one attached hydrogen (secondary N) is 1. The van der Waals surface area contributed by atoms with E-state index in [0.717, 1.165) is 35.0 Å². The first-order valence-electron chi connectivity index (χ1n) is 11.1. The minimum atomic E-state index is -0.521. The Hall–Kier alpha value is -3.74. The van der Waals surface area contributed by atoms with Gasteiger partial charge in [0.05, 0.1) is 28.9 Å². The summed E-state index contributed by atoms with van der Waals surface area (Å²) in [5.41, 5.74) is 14.5. The largest absolute Gasteiger partial charge is 0.480 e. The topological polar surface area (TPSA) is 84.9 Å². The highest BCUT2D eigenvalue weighted by Gasteiger charge is 2.19. The molecule has 2 aliphatic rings. The zero-order valence-electron chi connectivity index (χ0n) is 19.8. The van der Waals surface area contributed by atoms with E-state index in [1.54, 1.807) is 6.08 Å². The highest BCUT2D eigenvalue weighted by Crippen LogP contribution is 2.30. The van der Waals surface area contributed by atoms with Crippen LogP contribution in [-0.4, -0.2) is 28.6 Å². The van der Waals surface area contributed by atoms with Gasteiger partial charge in [-0.15, -0.1) is 0 Å². The molecular formula is C26H31N5O2. The summed E-state index contributed by atoms with van der Waals surface area (Å²) in [5, 5.41) is 3.66. The molecule has 0 saturated carbocycles. The van der Waals surface area contributed by atoms with Gasteiger partial charge in [-0.3, -0.25) is 4.79 Å². The number of carbonyl (C=O) groups excluding carboxylic acids is 1. The second-order valence-electron chi connectivity index (χ2n) is 8.68. The fourth-order valence-electron chi connectivity index (χ4n) is 4.14. The van der Waals surface area contributed by atoms with E-state index in [4.69, 9.17) is 15.5 Å². The van der Waals surface area contributed by atoms with Crippen LogP contribution in [0, 0.1) is 19.8 Å². The van der Waals surface area contributed by atoms with Gasteiger partial charge in [-0.2, -0.15) is 0 Å². The maximum atomic E-state index is 11.5. The van der Waals surface area contributed by atoms with Crippen molar-refractivity contribution < 1.29 is 9.53 Å². The Morgan fingerprint density at radius 1 is 1.24 bits per heavy atom. The van der Waals surface area contributed by atoms with Gasteiger partial charge in [0, 0.05) is 30.6 Å². The molecule has 3 N–H and O–H groups in total. The zero-order valence-corrected chi connectivity index (χ0v) is 19.8. The van der Waals surface area contributed by atoms with Crippen molar-refractivity contribution in [2.24, 2.45) is 11.7 Å². The number of anilines is 2. The van der Waals surface area contributed by atoms with Gasteiger partial charge in [0.2, 0.25) is 0 Å². The van der Waals surface area contributed by atoms with Crippen molar-refractivity contribution in [1.29, 1.82) is 0 Å². The summed E-state index contributed by atoms with van der Waals surface area (Å²) in [7, 11) is 0. The fraction of sp³-hybridized carbons (Fsp3) is 0.308. The van der Waals surface area contributed by atoms with E-state index in [1.807, 2.05) is 24.2 Å². The number of allylic oxidation sites excluding steroid dienone is 4. The molecule has 0 bridgehead atoms. The standard InChI is InChI=1S/C26H31N5O2/c1-16-7-6-8-17(2)23(18(16)3)12-28-24-11-22(13-31-20(5)19(4)29-26(24)31)30-10-9-21(25(27)32)14-33-15-30/h6-11,13-14,23,28H,12,15H2,1-5H3,(H2,27,32). The second-order valence-corrected chi connectivity index (χ2v) is 8.68. The van der Waals surface area contributed by atoms with Gasteiger partial charge >= 0.3 is 0 Å². The number of imidazole rings is 1. The number of fused-ring (bicyclic) bond motifs is 1. The number of amides is 1. The molecule has 33 heavy (non-hydrogen) atoms. The molecule has 0 spiro atoms. The van der Waals surface area contributed by atoms with Crippen molar-refractivity contribution >= 4 is 22.9 Å². The van der Waals surface area contributed by atoms with E-state index >= 15 is 0 Å². The number of hydrogen-bond donors (Lipinski definition) is 2. The van der Waals surface area contributed by atoms with Crippen LogP contribution in [0.4, 0.5) is 11.4 Å². The summed E-state index contributed by atoms with van der Waals surface area (Å²) >= 11 is 0. The molecule has 1 aliphatic carbocycles. The third-order valence-electron chi connectivity index (χ3n) is 6.55. The van der Waals surface area contributed by atoms with Crippen LogP contribution in [0.1, 0.15) is 32.2 Å². The first kappa shape index (κ1) is 22.5. The van der Waals surface area contributed by atoms with Gasteiger partial charge in [0.25, 0.3) is 5.91 Å². The minimum absolute atomic E-state index is 0.266. The Labute approximate surface area is 194 Å². The maximum absolute atomic E-state index is 11.5. The number of ether oxygens (including phenoxy) is 1. The minimum Gasteiger partial charge on any atom is -0.480 e. The molecule has 1 amide bonds. The molecular weight excluding hydrogens is 414 g/mol. The highest BCUT2D eigenvalue weighted by atomic mass is 16.5. The molecule has 2 aromatic rings. The number of primary amides is 1. The van der Waals surface area contributed by atoms with Gasteiger partial charge in [-0.25, -0.2) is 4.98 Å². The summed E-state index contributed by atoms with van der Waals surface area (Å²) in [4.78, 5) is 18.3. The normalized spacial score (nSPS) is 18.6. The second kappa shape index (κ2) is 9.02. The van der Waals surface area contributed by atoms with Crippen LogP contribution in [0.3, 0.4) is 0 Å². The summed E-state index contributed by atoms with van der Waals surface area (Å²) in [5.74, 6) is -0.225. The lowest BCUT2D eigenvalue weighted by atomic mass is 9.91. The summed E-state index contributed by atoms with van der Waals surface area (Å²) in [6.07, 6.45) is 13.4. The first-order chi connectivity index (χ1) is 15.8. The van der Waals surface area contributed by atoms with Crippen molar-refractivity contribution in [2.75, 3.05) is 23.5 Å². The molecule has 0 radical (unpaired) electrons. The number of aromatic nitrogens is 2. The molecule has 1 aliphatic heterocycles. The number of hydrogen-bond acceptors (Lipinski definition) is 5. The van der Waals surface area contributed by atoms with Gasteiger partial charge in [-0.05, 0) is 46.8 Å². The van der Waals surface area contributed by atoms with Gasteiger partial charge in [0.15, 0.2) is 12.4 Å². The molecule has 4 rings (SSSR count). The van der Waals surface area contributed by atoms with E-state index in [0.29, 0.717) is 11.5 Å². The Morgan fingerprint density at radius 3 is 2.79 bits per heavy atom. The predicted molar refractivity (Wildman–Crippen MR) is 133 cm³/mol. The number of carbonyl (C=O) groups is 1. The quantitative estimate of drug-likeness (QED) is 0.707. The molecule has 3 heterocycles. The summed E-state index contributed by atoms with van der Waals surface area (Å²) in [6, 6.07) is 2.07. The van der Waals surface area contributed by atoms with E-state index in [1.165, 1.54) is 23.0 Å². The van der Waals surface area contributed by atoms with Crippen LogP contribution in [0.25, 0.3) is 5.65 Å². The number of nitrogens with two attached hydrogens (primary N) is 1. The van der Waals surface area contributed by atoms with Crippen molar-refractivity contribution in [1.82, 2.24) is 9.38 Å². The third-order valence-corrected chi connectivity index (χ3v) is 6.55. The number of pyridine rings is 1. The summed E-state index contributed by atoms with van der Waals surface area (Å²) < 4.78 is 7.66. The molecule has 1 atom stereocenters. The lowest BCUT2D eigenvalue weighted by Gasteiger charge is -2.23. The first-order valence-corrected chi connectivity index (χ1v) is 11.1. The molecule has 7 heteroatoms. The average molecular weight is 446 g/mol. The lowest BCUT2D eigenvalue weighted by molar-refractivity contribution is -0.114. The molecule has 7 nitrogen and oxygen atoms in total. The van der Waals surface area contributed by atoms with E-state index in [9.17, 15) is 4.79 Å². The van der Waals surface area contributed by atoms with Crippen LogP contribution >= 0.6 is 0 Å². The molecule has 0 aromatic carbocycles. The smallest absolute Gasteiger partial charge is 0.251 e. The number of nitrogens with zero attached hydrogens (tertiary/aromatic N) is 3. The maximum Gasteiger partial charge on any atom is 0.251 e. The highest BCUT2D eigenvalue weighted by molar-refractivity contribution is 5.94. The van der Waals surface area contributed by atoms with E-state index < -0.39 is 5.91 Å². The van der Waals surface area contributed by atoms with Crippen molar-refractivity contribution in [3.05, 3.63) is 82.7 Å². The Kier molecular flexibility index (Phi) is 6.14. The monoisotopic (exact) mass is 445 g/mol. The number of aryl methyl sites for hydroxylation is 2. The van der Waals surface area contributed by atoms with Crippen LogP contribution in [0.5, 0.6) is 0 Å². The van der Waals surface area contributed by atoms with Crippen molar-refractivity contribution in [3.8, 4) is 0 Å². The number of rotatable bonds is 5. The average Bonchev–Trinajstić information content (AvgIpc) is 2.95. The van der Waals surface area contributed by atoms with Crippen LogP contribution < -0.4 is 16.0 Å². The fourth-order valence-corrected chi connectivity index (χ4v) is 4.14. The molecule has 2 aromatic heterocycles. The van der Waals surface area contributed by atoms with E-state index in [-0.39, 0.29) is 6.73 Å².